The molecule has 2 aromatic heterocycles. The molecule has 4 aromatic rings. The van der Waals surface area contributed by atoms with Crippen molar-refractivity contribution in [2.24, 2.45) is 5.92 Å². The first kappa shape index (κ1) is 21.2. The van der Waals surface area contributed by atoms with Crippen molar-refractivity contribution < 1.29 is 0 Å². The van der Waals surface area contributed by atoms with Gasteiger partial charge in [0.15, 0.2) is 0 Å². The Bertz CT molecular complexity index is 1190. The van der Waals surface area contributed by atoms with E-state index in [1.807, 2.05) is 11.3 Å². The molecule has 0 spiro atoms. The molecule has 5 rings (SSSR count). The highest BCUT2D eigenvalue weighted by molar-refractivity contribution is 7.17. The summed E-state index contributed by atoms with van der Waals surface area (Å²) in [6.45, 7) is 2.08. The van der Waals surface area contributed by atoms with Crippen LogP contribution in [0.2, 0.25) is 0 Å². The Morgan fingerprint density at radius 3 is 2.53 bits per heavy atom. The highest BCUT2D eigenvalue weighted by Crippen LogP contribution is 2.31. The standard InChI is InChI=1S/C27H32N4S/c1-31(2)25-15-27(30-24-9-5-3-8-23(24)25)29-21-13-11-19(12-14-21)16-28-17-20-18-32-26-10-6-4-7-22(20)26/h3-10,15,18-19,21,28H,11-14,16-17H2,1-2H3,(H,29,30). The van der Waals surface area contributed by atoms with Crippen LogP contribution in [0.5, 0.6) is 0 Å². The van der Waals surface area contributed by atoms with Gasteiger partial charge < -0.3 is 15.5 Å². The van der Waals surface area contributed by atoms with Crippen LogP contribution in [0.3, 0.4) is 0 Å². The molecule has 0 unspecified atom stereocenters. The van der Waals surface area contributed by atoms with Crippen molar-refractivity contribution >= 4 is 43.8 Å². The number of rotatable bonds is 7. The highest BCUT2D eigenvalue weighted by atomic mass is 32.1. The van der Waals surface area contributed by atoms with Crippen LogP contribution in [0.25, 0.3) is 21.0 Å². The number of pyridine rings is 1. The van der Waals surface area contributed by atoms with Gasteiger partial charge in [-0.15, -0.1) is 11.3 Å². The molecule has 0 radical (unpaired) electrons. The molecule has 0 saturated heterocycles. The maximum Gasteiger partial charge on any atom is 0.128 e. The molecular weight excluding hydrogens is 412 g/mol. The van der Waals surface area contributed by atoms with Crippen LogP contribution in [-0.4, -0.2) is 31.7 Å². The van der Waals surface area contributed by atoms with Crippen molar-refractivity contribution in [3.63, 3.8) is 0 Å². The molecule has 32 heavy (non-hydrogen) atoms. The summed E-state index contributed by atoms with van der Waals surface area (Å²) in [6.07, 6.45) is 4.95. The van der Waals surface area contributed by atoms with Crippen molar-refractivity contribution in [2.75, 3.05) is 30.9 Å². The fraction of sp³-hybridized carbons (Fsp3) is 0.370. The Morgan fingerprint density at radius 1 is 0.969 bits per heavy atom. The average molecular weight is 445 g/mol. The summed E-state index contributed by atoms with van der Waals surface area (Å²) in [4.78, 5) is 7.06. The molecule has 0 atom stereocenters. The topological polar surface area (TPSA) is 40.2 Å². The molecule has 2 N–H and O–H groups in total. The average Bonchev–Trinajstić information content (AvgIpc) is 3.23. The minimum atomic E-state index is 0.510. The van der Waals surface area contributed by atoms with Crippen LogP contribution in [-0.2, 0) is 6.54 Å². The van der Waals surface area contributed by atoms with E-state index in [1.165, 1.54) is 52.4 Å². The van der Waals surface area contributed by atoms with Gasteiger partial charge >= 0.3 is 0 Å². The van der Waals surface area contributed by atoms with E-state index in [2.05, 4.69) is 89.6 Å². The second-order valence-corrected chi connectivity index (χ2v) is 10.1. The summed E-state index contributed by atoms with van der Waals surface area (Å²) in [6, 6.07) is 19.8. The first-order valence-corrected chi connectivity index (χ1v) is 12.5. The predicted octanol–water partition coefficient (Wildman–Crippen LogP) is 6.28. The third kappa shape index (κ3) is 4.59. The van der Waals surface area contributed by atoms with Crippen LogP contribution in [0.15, 0.2) is 60.0 Å². The fourth-order valence-electron chi connectivity index (χ4n) is 4.90. The van der Waals surface area contributed by atoms with Gasteiger partial charge in [-0.05, 0) is 66.6 Å². The van der Waals surface area contributed by atoms with Gasteiger partial charge in [0.2, 0.25) is 0 Å². The molecule has 1 aliphatic rings. The van der Waals surface area contributed by atoms with Crippen LogP contribution in [0.4, 0.5) is 11.5 Å². The summed E-state index contributed by atoms with van der Waals surface area (Å²) < 4.78 is 1.38. The second kappa shape index (κ2) is 9.47. The van der Waals surface area contributed by atoms with E-state index in [0.717, 1.165) is 30.3 Å². The molecule has 0 bridgehead atoms. The summed E-state index contributed by atoms with van der Waals surface area (Å²) in [7, 11) is 4.20. The minimum absolute atomic E-state index is 0.510. The number of hydrogen-bond donors (Lipinski definition) is 2. The summed E-state index contributed by atoms with van der Waals surface area (Å²) in [5, 5.41) is 12.4. The Hall–Kier alpha value is -2.63. The van der Waals surface area contributed by atoms with E-state index in [4.69, 9.17) is 4.98 Å². The summed E-state index contributed by atoms with van der Waals surface area (Å²) >= 11 is 1.85. The number of thiophene rings is 1. The first-order chi connectivity index (χ1) is 15.7. The predicted molar refractivity (Wildman–Crippen MR) is 139 cm³/mol. The third-order valence-electron chi connectivity index (χ3n) is 6.68. The maximum absolute atomic E-state index is 4.89. The van der Waals surface area contributed by atoms with Crippen molar-refractivity contribution in [3.05, 3.63) is 65.5 Å². The lowest BCUT2D eigenvalue weighted by molar-refractivity contribution is 0.324. The van der Waals surface area contributed by atoms with Gasteiger partial charge in [0.25, 0.3) is 0 Å². The summed E-state index contributed by atoms with van der Waals surface area (Å²) in [5.74, 6) is 1.76. The zero-order valence-electron chi connectivity index (χ0n) is 19.0. The van der Waals surface area contributed by atoms with E-state index < -0.39 is 0 Å². The van der Waals surface area contributed by atoms with Crippen molar-refractivity contribution in [3.8, 4) is 0 Å². The lowest BCUT2D eigenvalue weighted by atomic mass is 9.86. The SMILES string of the molecule is CN(C)c1cc(NC2CCC(CNCc3csc4ccccc34)CC2)nc2ccccc12. The Balaban J connectivity index is 1.14. The number of hydrogen-bond acceptors (Lipinski definition) is 5. The van der Waals surface area contributed by atoms with E-state index in [1.54, 1.807) is 0 Å². The van der Waals surface area contributed by atoms with E-state index >= 15 is 0 Å². The Kier molecular flexibility index (Phi) is 6.28. The van der Waals surface area contributed by atoms with Gasteiger partial charge in [-0.2, -0.15) is 0 Å². The Labute approximate surface area is 194 Å². The maximum atomic E-state index is 4.89. The molecule has 1 saturated carbocycles. The van der Waals surface area contributed by atoms with Gasteiger partial charge in [0.1, 0.15) is 5.82 Å². The van der Waals surface area contributed by atoms with Gasteiger partial charge in [0, 0.05) is 48.5 Å². The zero-order valence-corrected chi connectivity index (χ0v) is 19.8. The van der Waals surface area contributed by atoms with E-state index in [-0.39, 0.29) is 0 Å². The van der Waals surface area contributed by atoms with Crippen LogP contribution >= 0.6 is 11.3 Å². The molecule has 0 amide bonds. The number of anilines is 2. The van der Waals surface area contributed by atoms with E-state index in [9.17, 15) is 0 Å². The quantitative estimate of drug-likeness (QED) is 0.352. The monoisotopic (exact) mass is 444 g/mol. The first-order valence-electron chi connectivity index (χ1n) is 11.7. The zero-order chi connectivity index (χ0) is 21.9. The minimum Gasteiger partial charge on any atom is -0.377 e. The normalized spacial score (nSPS) is 18.8. The van der Waals surface area contributed by atoms with E-state index in [0.29, 0.717) is 6.04 Å². The molecule has 2 aromatic carbocycles. The number of fused-ring (bicyclic) bond motifs is 2. The third-order valence-corrected chi connectivity index (χ3v) is 7.70. The lowest BCUT2D eigenvalue weighted by Gasteiger charge is -2.30. The number of aromatic nitrogens is 1. The molecular formula is C27H32N4S. The summed E-state index contributed by atoms with van der Waals surface area (Å²) in [5.41, 5.74) is 3.71. The number of nitrogens with one attached hydrogen (secondary N) is 2. The van der Waals surface area contributed by atoms with Crippen LogP contribution in [0.1, 0.15) is 31.2 Å². The fourth-order valence-corrected chi connectivity index (χ4v) is 5.86. The van der Waals surface area contributed by atoms with Crippen molar-refractivity contribution in [1.82, 2.24) is 10.3 Å². The molecule has 4 nitrogen and oxygen atoms in total. The van der Waals surface area contributed by atoms with Crippen molar-refractivity contribution in [2.45, 2.75) is 38.3 Å². The van der Waals surface area contributed by atoms with Gasteiger partial charge in [0.05, 0.1) is 5.52 Å². The molecule has 2 heterocycles. The van der Waals surface area contributed by atoms with Crippen LogP contribution < -0.4 is 15.5 Å². The molecule has 166 valence electrons. The molecule has 5 heteroatoms. The molecule has 1 aliphatic carbocycles. The van der Waals surface area contributed by atoms with Crippen molar-refractivity contribution in [1.29, 1.82) is 0 Å². The highest BCUT2D eigenvalue weighted by Gasteiger charge is 2.21. The smallest absolute Gasteiger partial charge is 0.128 e. The molecule has 0 aliphatic heterocycles. The van der Waals surface area contributed by atoms with Gasteiger partial charge in [-0.1, -0.05) is 36.4 Å². The number of nitrogens with zero attached hydrogens (tertiary/aromatic N) is 2. The number of para-hydroxylation sites is 1. The molecule has 1 fully saturated rings. The second-order valence-electron chi connectivity index (χ2n) is 9.19. The Morgan fingerprint density at radius 2 is 1.72 bits per heavy atom. The van der Waals surface area contributed by atoms with Gasteiger partial charge in [-0.25, -0.2) is 4.98 Å². The lowest BCUT2D eigenvalue weighted by Crippen LogP contribution is -2.31. The largest absolute Gasteiger partial charge is 0.377 e. The van der Waals surface area contributed by atoms with Gasteiger partial charge in [-0.3, -0.25) is 0 Å². The van der Waals surface area contributed by atoms with Crippen LogP contribution in [0, 0.1) is 5.92 Å². The number of benzene rings is 2.